The van der Waals surface area contributed by atoms with Crippen LogP contribution in [0.2, 0.25) is 0 Å². The van der Waals surface area contributed by atoms with E-state index in [0.29, 0.717) is 33.7 Å². The number of aromatic nitrogens is 1. The minimum absolute atomic E-state index is 0. The van der Waals surface area contributed by atoms with Gasteiger partial charge in [-0.3, -0.25) is 9.78 Å². The first-order valence-corrected chi connectivity index (χ1v) is 20.6. The van der Waals surface area contributed by atoms with Gasteiger partial charge in [0, 0.05) is 59.1 Å². The molecular weight excluding hydrogens is 1040 g/mol. The number of aryl methyl sites for hydroxylation is 3. The summed E-state index contributed by atoms with van der Waals surface area (Å²) in [6.07, 6.45) is -15.4. The van der Waals surface area contributed by atoms with Gasteiger partial charge in [-0.25, -0.2) is 4.39 Å². The maximum Gasteiger partial charge on any atom is 0.436 e. The molecule has 1 radical (unpaired) electrons. The van der Waals surface area contributed by atoms with Gasteiger partial charge < -0.3 is 5.11 Å². The Morgan fingerprint density at radius 2 is 1.32 bits per heavy atom. The molecule has 5 aromatic rings. The number of nitrogens with zero attached hydrogens (tertiary/aromatic N) is 1. The second-order valence-corrected chi connectivity index (χ2v) is 19.9. The van der Waals surface area contributed by atoms with Gasteiger partial charge in [0.1, 0.15) is 5.41 Å². The minimum atomic E-state index is -6.29. The van der Waals surface area contributed by atoms with E-state index in [1.165, 1.54) is 6.92 Å². The van der Waals surface area contributed by atoms with E-state index in [0.717, 1.165) is 59.2 Å². The monoisotopic (exact) mass is 1090 g/mol. The van der Waals surface area contributed by atoms with Gasteiger partial charge in [0.15, 0.2) is 5.78 Å². The fourth-order valence-corrected chi connectivity index (χ4v) is 8.65. The van der Waals surface area contributed by atoms with Crippen molar-refractivity contribution in [1.29, 1.82) is 0 Å². The molecule has 0 spiro atoms. The number of pyridine rings is 1. The van der Waals surface area contributed by atoms with Crippen molar-refractivity contribution in [2.24, 2.45) is 16.7 Å². The summed E-state index contributed by atoms with van der Waals surface area (Å²) in [6, 6.07) is 16.6. The predicted molar refractivity (Wildman–Crippen MR) is 228 cm³/mol. The van der Waals surface area contributed by atoms with E-state index in [9.17, 15) is 49.4 Å². The fraction of sp³-hybridized carbons (Fsp3) is 0.458. The standard InChI is InChI=1S/C38H37F7NS.C10H15F3O2.Ir/c1-20-14-23(18-34(4,5)6)15-21(2)29(20)32-22(3)30-28(36(39,37(40,41)42)38(43,44)45)19-46-31(33(30)47-32)25-16-24-12-10-11-13-26(24)27(17-25)35(7,8)9;1-6(2)7(14)5-8(15)9(3,4)10(11,12)13;/h10-15,17,19H,18H2,1-9H3;5-6,14H,1-4H3;/q-1;;/b;7-5-;. The summed E-state index contributed by atoms with van der Waals surface area (Å²) in [4.78, 5) is 15.9. The third kappa shape index (κ3) is 10.8. The molecular formula is C48H52F10IrNO2S-. The summed E-state index contributed by atoms with van der Waals surface area (Å²) in [7, 11) is 0. The van der Waals surface area contributed by atoms with Crippen LogP contribution in [-0.4, -0.2) is 34.4 Å². The van der Waals surface area contributed by atoms with Crippen molar-refractivity contribution in [3.8, 4) is 21.7 Å². The Morgan fingerprint density at radius 3 is 1.78 bits per heavy atom. The SMILES string of the molecule is CC(C)/C(O)=C/C(=O)C(C)(C)C(F)(F)F.Cc1cc(CC(C)(C)C)cc(C)c1-c1sc2c(-c3[c-]c4ccccc4c(C(C)(C)C)c3)ncc(C(F)(C(F)(F)F)C(F)(F)F)c2c1C.[Ir]. The number of fused-ring (bicyclic) bond motifs is 2. The molecule has 3 nitrogen and oxygen atoms in total. The molecule has 0 unspecified atom stereocenters. The summed E-state index contributed by atoms with van der Waals surface area (Å²) in [5.74, 6) is -1.84. The van der Waals surface area contributed by atoms with Gasteiger partial charge in [0.2, 0.25) is 0 Å². The zero-order valence-corrected chi connectivity index (χ0v) is 40.5. The second kappa shape index (κ2) is 18.2. The molecule has 2 aromatic heterocycles. The molecule has 3 aromatic carbocycles. The smallest absolute Gasteiger partial charge is 0.436 e. The number of benzene rings is 3. The van der Waals surface area contributed by atoms with Crippen LogP contribution in [0.1, 0.15) is 103 Å². The number of thiophene rings is 1. The Kier molecular flexibility index (Phi) is 15.5. The number of hydrogen-bond donors (Lipinski definition) is 1. The molecule has 347 valence electrons. The van der Waals surface area contributed by atoms with Gasteiger partial charge in [-0.1, -0.05) is 96.7 Å². The molecule has 0 aliphatic carbocycles. The summed E-state index contributed by atoms with van der Waals surface area (Å²) in [5.41, 5.74) is -5.07. The minimum Gasteiger partial charge on any atom is -0.512 e. The van der Waals surface area contributed by atoms with Crippen molar-refractivity contribution >= 4 is 38.0 Å². The molecule has 15 heteroatoms. The molecule has 5 rings (SSSR count). The maximum absolute atomic E-state index is 15.9. The number of aliphatic hydroxyl groups is 1. The zero-order chi connectivity index (χ0) is 47.5. The summed E-state index contributed by atoms with van der Waals surface area (Å²) < 4.78 is 139. The quantitative estimate of drug-likeness (QED) is 0.0765. The van der Waals surface area contributed by atoms with E-state index >= 15 is 4.39 Å². The van der Waals surface area contributed by atoms with Crippen LogP contribution in [0.5, 0.6) is 0 Å². The van der Waals surface area contributed by atoms with Crippen LogP contribution in [0, 0.1) is 43.6 Å². The Morgan fingerprint density at radius 1 is 0.794 bits per heavy atom. The largest absolute Gasteiger partial charge is 0.512 e. The van der Waals surface area contributed by atoms with Crippen molar-refractivity contribution in [1.82, 2.24) is 4.98 Å². The average Bonchev–Trinajstić information content (AvgIpc) is 3.43. The summed E-state index contributed by atoms with van der Waals surface area (Å²) >= 11 is 1.03. The van der Waals surface area contributed by atoms with Crippen LogP contribution < -0.4 is 0 Å². The van der Waals surface area contributed by atoms with E-state index in [4.69, 9.17) is 0 Å². The maximum atomic E-state index is 15.9. The summed E-state index contributed by atoms with van der Waals surface area (Å²) in [5, 5.41) is 10.4. The fourth-order valence-electron chi connectivity index (χ4n) is 7.14. The van der Waals surface area contributed by atoms with E-state index in [-0.39, 0.29) is 58.6 Å². The number of halogens is 10. The van der Waals surface area contributed by atoms with Crippen LogP contribution in [-0.2, 0) is 42.4 Å². The van der Waals surface area contributed by atoms with Crippen molar-refractivity contribution in [2.75, 3.05) is 0 Å². The third-order valence-corrected chi connectivity index (χ3v) is 12.0. The molecule has 2 heterocycles. The van der Waals surface area contributed by atoms with Crippen LogP contribution in [0.3, 0.4) is 0 Å². The van der Waals surface area contributed by atoms with E-state index < -0.39 is 46.3 Å². The predicted octanol–water partition coefficient (Wildman–Crippen LogP) is 15.9. The van der Waals surface area contributed by atoms with Crippen LogP contribution >= 0.6 is 11.3 Å². The van der Waals surface area contributed by atoms with Gasteiger partial charge in [-0.15, -0.1) is 40.5 Å². The van der Waals surface area contributed by atoms with Crippen molar-refractivity contribution in [2.45, 2.75) is 126 Å². The third-order valence-electron chi connectivity index (χ3n) is 10.7. The molecule has 63 heavy (non-hydrogen) atoms. The number of ketones is 1. The number of carbonyl (C=O) groups excluding carboxylic acids is 1. The molecule has 0 fully saturated rings. The van der Waals surface area contributed by atoms with Gasteiger partial charge in [-0.2, -0.15) is 39.5 Å². The normalized spacial score (nSPS) is 13.6. The van der Waals surface area contributed by atoms with Gasteiger partial charge in [0.05, 0.1) is 5.76 Å². The zero-order valence-electron chi connectivity index (χ0n) is 37.3. The van der Waals surface area contributed by atoms with E-state index in [1.807, 2.05) is 77.1 Å². The van der Waals surface area contributed by atoms with Crippen LogP contribution in [0.25, 0.3) is 42.6 Å². The molecule has 0 amide bonds. The van der Waals surface area contributed by atoms with Gasteiger partial charge >= 0.3 is 24.2 Å². The topological polar surface area (TPSA) is 50.2 Å². The molecule has 0 aliphatic rings. The van der Waals surface area contributed by atoms with E-state index in [1.54, 1.807) is 13.8 Å². The average molecular weight is 1090 g/mol. The first-order chi connectivity index (χ1) is 28.0. The molecule has 1 N–H and O–H groups in total. The molecule has 0 saturated carbocycles. The molecule has 0 bridgehead atoms. The van der Waals surface area contributed by atoms with Gasteiger partial charge in [-0.05, 0) is 85.1 Å². The number of hydrogen-bond acceptors (Lipinski definition) is 4. The first-order valence-electron chi connectivity index (χ1n) is 19.8. The van der Waals surface area contributed by atoms with E-state index in [2.05, 4.69) is 31.8 Å². The Balaban J connectivity index is 0.000000565. The molecule has 0 saturated heterocycles. The van der Waals surface area contributed by atoms with Crippen LogP contribution in [0.4, 0.5) is 43.9 Å². The van der Waals surface area contributed by atoms with Crippen molar-refractivity contribution < 1.29 is 73.9 Å². The number of allylic oxidation sites excluding steroid dienone is 2. The number of rotatable bonds is 7. The Labute approximate surface area is 379 Å². The van der Waals surface area contributed by atoms with Crippen molar-refractivity contribution in [3.63, 3.8) is 0 Å². The number of aliphatic hydroxyl groups excluding tert-OH is 1. The number of carbonyl (C=O) groups is 1. The second-order valence-electron chi connectivity index (χ2n) is 18.9. The Hall–Kier alpha value is -3.81. The molecule has 0 aliphatic heterocycles. The summed E-state index contributed by atoms with van der Waals surface area (Å²) in [6.45, 7) is 22.3. The van der Waals surface area contributed by atoms with Crippen molar-refractivity contribution in [3.05, 3.63) is 99.9 Å². The first kappa shape index (κ1) is 53.5. The molecule has 0 atom stereocenters. The van der Waals surface area contributed by atoms with Gasteiger partial charge in [0.25, 0.3) is 0 Å². The Bertz CT molecular complexity index is 2480. The van der Waals surface area contributed by atoms with Crippen LogP contribution in [0.15, 0.2) is 60.5 Å². The number of alkyl halides is 10.